The van der Waals surface area contributed by atoms with Crippen molar-refractivity contribution in [2.24, 2.45) is 5.92 Å². The molecule has 2 aliphatic rings. The molecule has 0 saturated heterocycles. The first-order valence-electron chi connectivity index (χ1n) is 10.3. The number of hydrogen-bond donors (Lipinski definition) is 1. The summed E-state index contributed by atoms with van der Waals surface area (Å²) in [7, 11) is -2.16. The molecule has 30 heavy (non-hydrogen) atoms. The van der Waals surface area contributed by atoms with Gasteiger partial charge in [0.2, 0.25) is 0 Å². The number of rotatable bonds is 3. The van der Waals surface area contributed by atoms with Crippen molar-refractivity contribution in [2.75, 3.05) is 0 Å². The minimum atomic E-state index is -2.16. The Kier molecular flexibility index (Phi) is 4.72. The van der Waals surface area contributed by atoms with Crippen LogP contribution in [0.25, 0.3) is 0 Å². The molecule has 0 aromatic heterocycles. The van der Waals surface area contributed by atoms with Crippen molar-refractivity contribution >= 4 is 19.9 Å². The molecule has 2 aromatic rings. The Labute approximate surface area is 177 Å². The molecule has 0 fully saturated rings. The van der Waals surface area contributed by atoms with Crippen LogP contribution < -0.4 is 0 Å². The number of hydrogen-bond acceptors (Lipinski definition) is 5. The van der Waals surface area contributed by atoms with Gasteiger partial charge >= 0.3 is 0 Å². The van der Waals surface area contributed by atoms with Crippen LogP contribution in [-0.4, -0.2) is 25.0 Å². The highest BCUT2D eigenvalue weighted by molar-refractivity contribution is 6.69. The van der Waals surface area contributed by atoms with Crippen LogP contribution in [0.5, 0.6) is 5.75 Å². The molecule has 0 heterocycles. The van der Waals surface area contributed by atoms with E-state index < -0.39 is 13.9 Å². The average Bonchev–Trinajstić information content (AvgIpc) is 2.71. The number of carbonyl (C=O) groups excluding carboxylic acids is 2. The molecule has 2 atom stereocenters. The highest BCUT2D eigenvalue weighted by Gasteiger charge is 2.50. The van der Waals surface area contributed by atoms with Crippen molar-refractivity contribution in [2.45, 2.75) is 51.4 Å². The minimum absolute atomic E-state index is 0.0484. The summed E-state index contributed by atoms with van der Waals surface area (Å²) in [5.41, 5.74) is 0.696. The lowest BCUT2D eigenvalue weighted by Gasteiger charge is -2.44. The van der Waals surface area contributed by atoms with E-state index in [-0.39, 0.29) is 34.4 Å². The monoisotopic (exact) mass is 419 g/mol. The fourth-order valence-corrected chi connectivity index (χ4v) is 6.18. The molecule has 1 N–H and O–H groups in total. The maximum Gasteiger partial charge on any atom is 0.198 e. The van der Waals surface area contributed by atoms with Crippen LogP contribution in [0, 0.1) is 17.2 Å². The van der Waals surface area contributed by atoms with Gasteiger partial charge in [0.15, 0.2) is 25.5 Å². The van der Waals surface area contributed by atoms with Gasteiger partial charge in [-0.3, -0.25) is 9.59 Å². The fourth-order valence-electron chi connectivity index (χ4n) is 4.89. The summed E-state index contributed by atoms with van der Waals surface area (Å²) in [6.07, 6.45) is 1.95. The number of ketones is 2. The van der Waals surface area contributed by atoms with Crippen molar-refractivity contribution < 1.29 is 19.1 Å². The third kappa shape index (κ3) is 2.84. The van der Waals surface area contributed by atoms with Crippen LogP contribution in [0.3, 0.4) is 0 Å². The van der Waals surface area contributed by atoms with Crippen molar-refractivity contribution in [1.29, 1.82) is 5.26 Å². The second-order valence-electron chi connectivity index (χ2n) is 9.08. The van der Waals surface area contributed by atoms with E-state index in [9.17, 15) is 20.0 Å². The van der Waals surface area contributed by atoms with E-state index in [4.69, 9.17) is 4.43 Å². The molecular formula is C24H25NO4Si. The quantitative estimate of drug-likeness (QED) is 0.621. The third-order valence-electron chi connectivity index (χ3n) is 6.14. The van der Waals surface area contributed by atoms with Crippen LogP contribution >= 0.6 is 0 Å². The zero-order chi connectivity index (χ0) is 21.8. The SMILES string of the molecule is CC[C@H]1CCc2c(cc3c(c2O)C(=O)c2ccccc2C3=O)[C@]1(C#N)O[Si](C)(C)C. The number of fused-ring (bicyclic) bond motifs is 3. The number of nitrogens with zero attached hydrogens (tertiary/aromatic N) is 1. The van der Waals surface area contributed by atoms with E-state index in [0.29, 0.717) is 35.1 Å². The predicted molar refractivity (Wildman–Crippen MR) is 115 cm³/mol. The summed E-state index contributed by atoms with van der Waals surface area (Å²) < 4.78 is 6.49. The maximum absolute atomic E-state index is 13.2. The number of phenolic OH excluding ortho intramolecular Hbond substituents is 1. The van der Waals surface area contributed by atoms with Gasteiger partial charge in [-0.1, -0.05) is 31.2 Å². The number of carbonyl (C=O) groups is 2. The summed E-state index contributed by atoms with van der Waals surface area (Å²) in [5, 5.41) is 21.5. The summed E-state index contributed by atoms with van der Waals surface area (Å²) >= 11 is 0. The summed E-state index contributed by atoms with van der Waals surface area (Å²) in [6, 6.07) is 10.7. The van der Waals surface area contributed by atoms with E-state index in [1.165, 1.54) is 0 Å². The topological polar surface area (TPSA) is 87.4 Å². The molecule has 0 radical (unpaired) electrons. The second kappa shape index (κ2) is 6.90. The first kappa shape index (κ1) is 20.5. The van der Waals surface area contributed by atoms with Crippen LogP contribution in [-0.2, 0) is 16.4 Å². The van der Waals surface area contributed by atoms with Gasteiger partial charge in [0, 0.05) is 33.7 Å². The lowest BCUT2D eigenvalue weighted by atomic mass is 9.68. The van der Waals surface area contributed by atoms with Gasteiger partial charge in [-0.2, -0.15) is 5.26 Å². The van der Waals surface area contributed by atoms with Gasteiger partial charge in [-0.25, -0.2) is 0 Å². The Morgan fingerprint density at radius 2 is 1.80 bits per heavy atom. The molecule has 0 saturated carbocycles. The van der Waals surface area contributed by atoms with Crippen molar-refractivity contribution in [3.8, 4) is 11.8 Å². The Morgan fingerprint density at radius 1 is 1.17 bits per heavy atom. The van der Waals surface area contributed by atoms with Gasteiger partial charge in [0.1, 0.15) is 11.8 Å². The van der Waals surface area contributed by atoms with Crippen molar-refractivity contribution in [3.63, 3.8) is 0 Å². The van der Waals surface area contributed by atoms with Crippen molar-refractivity contribution in [1.82, 2.24) is 0 Å². The van der Waals surface area contributed by atoms with E-state index >= 15 is 0 Å². The van der Waals surface area contributed by atoms with Crippen LogP contribution in [0.15, 0.2) is 30.3 Å². The Hall–Kier alpha value is -2.75. The predicted octanol–water partition coefficient (Wildman–Crippen LogP) is 4.71. The molecule has 5 nitrogen and oxygen atoms in total. The molecule has 0 aliphatic heterocycles. The van der Waals surface area contributed by atoms with Crippen LogP contribution in [0.4, 0.5) is 0 Å². The van der Waals surface area contributed by atoms with Crippen LogP contribution in [0.1, 0.15) is 62.7 Å². The van der Waals surface area contributed by atoms with Crippen LogP contribution in [0.2, 0.25) is 19.6 Å². The lowest BCUT2D eigenvalue weighted by Crippen LogP contribution is -2.47. The van der Waals surface area contributed by atoms with Gasteiger partial charge < -0.3 is 9.53 Å². The summed E-state index contributed by atoms with van der Waals surface area (Å²) in [4.78, 5) is 26.4. The van der Waals surface area contributed by atoms with Gasteiger partial charge in [0.25, 0.3) is 0 Å². The van der Waals surface area contributed by atoms with Gasteiger partial charge in [-0.15, -0.1) is 0 Å². The number of aromatic hydroxyl groups is 1. The minimum Gasteiger partial charge on any atom is -0.507 e. The van der Waals surface area contributed by atoms with Gasteiger partial charge in [0.05, 0.1) is 5.56 Å². The first-order chi connectivity index (χ1) is 14.1. The Balaban J connectivity index is 2.02. The molecule has 0 unspecified atom stereocenters. The van der Waals surface area contributed by atoms with E-state index in [0.717, 1.165) is 6.42 Å². The van der Waals surface area contributed by atoms with Crippen molar-refractivity contribution in [3.05, 3.63) is 63.7 Å². The van der Waals surface area contributed by atoms with Gasteiger partial charge in [-0.05, 0) is 45.0 Å². The zero-order valence-electron chi connectivity index (χ0n) is 17.7. The fraction of sp³-hybridized carbons (Fsp3) is 0.375. The Bertz CT molecular complexity index is 1130. The largest absolute Gasteiger partial charge is 0.507 e. The smallest absolute Gasteiger partial charge is 0.198 e. The average molecular weight is 420 g/mol. The summed E-state index contributed by atoms with van der Waals surface area (Å²) in [5.74, 6) is -0.895. The normalized spacial score (nSPS) is 22.7. The maximum atomic E-state index is 13.2. The molecule has 0 bridgehead atoms. The highest BCUT2D eigenvalue weighted by atomic mass is 28.4. The van der Waals surface area contributed by atoms with E-state index in [1.54, 1.807) is 30.3 Å². The molecular weight excluding hydrogens is 394 g/mol. The lowest BCUT2D eigenvalue weighted by molar-refractivity contribution is 0.0352. The number of phenols is 1. The van der Waals surface area contributed by atoms with E-state index in [1.807, 2.05) is 26.6 Å². The molecule has 0 amide bonds. The number of benzene rings is 2. The standard InChI is InChI=1S/C24H25NO4Si/c1-5-14-10-11-17-19(24(14,13-25)29-30(2,3)4)12-18-20(23(17)28)22(27)16-9-7-6-8-15(16)21(18)26/h6-9,12,14,28H,5,10-11H2,1-4H3/t14-,24+/m0/s1. The molecule has 4 rings (SSSR count). The first-order valence-corrected chi connectivity index (χ1v) is 13.7. The Morgan fingerprint density at radius 3 is 2.37 bits per heavy atom. The second-order valence-corrected chi connectivity index (χ2v) is 13.5. The number of nitriles is 1. The molecule has 154 valence electrons. The molecule has 2 aliphatic carbocycles. The zero-order valence-corrected chi connectivity index (χ0v) is 18.7. The highest BCUT2D eigenvalue weighted by Crippen LogP contribution is 2.50. The summed E-state index contributed by atoms with van der Waals surface area (Å²) in [6.45, 7) is 8.10. The third-order valence-corrected chi connectivity index (χ3v) is 7.07. The molecule has 2 aromatic carbocycles. The van der Waals surface area contributed by atoms with E-state index in [2.05, 4.69) is 6.07 Å². The molecule has 0 spiro atoms. The molecule has 6 heteroatoms.